The lowest BCUT2D eigenvalue weighted by molar-refractivity contribution is 0.0766. The van der Waals surface area contributed by atoms with Crippen LogP contribution in [0, 0.1) is 13.8 Å². The van der Waals surface area contributed by atoms with Gasteiger partial charge >= 0.3 is 0 Å². The quantitative estimate of drug-likeness (QED) is 0.500. The standard InChI is InChI=1S/C25H26N4O/c1-4-29(13-12-20-15-27-23-11-6-5-10-21(20)23)25(30)22-16-26-18(3)28-24(22)19-9-7-8-17(2)14-19/h5-11,14-16,27H,4,12-13H2,1-3H3. The molecule has 5 heteroatoms. The van der Waals surface area contributed by atoms with E-state index in [9.17, 15) is 4.79 Å². The van der Waals surface area contributed by atoms with Gasteiger partial charge in [-0.15, -0.1) is 0 Å². The molecular formula is C25H26N4O. The zero-order valence-electron chi connectivity index (χ0n) is 17.6. The number of carbonyl (C=O) groups excluding carboxylic acids is 1. The first-order chi connectivity index (χ1) is 14.6. The number of rotatable bonds is 6. The molecule has 0 radical (unpaired) electrons. The summed E-state index contributed by atoms with van der Waals surface area (Å²) in [7, 11) is 0. The molecule has 152 valence electrons. The second-order valence-electron chi connectivity index (χ2n) is 7.54. The van der Waals surface area contributed by atoms with Gasteiger partial charge in [0.15, 0.2) is 0 Å². The van der Waals surface area contributed by atoms with Crippen molar-refractivity contribution in [1.29, 1.82) is 0 Å². The maximum absolute atomic E-state index is 13.4. The first-order valence-electron chi connectivity index (χ1n) is 10.3. The highest BCUT2D eigenvalue weighted by Crippen LogP contribution is 2.24. The summed E-state index contributed by atoms with van der Waals surface area (Å²) >= 11 is 0. The zero-order valence-corrected chi connectivity index (χ0v) is 17.6. The van der Waals surface area contributed by atoms with Gasteiger partial charge in [-0.2, -0.15) is 0 Å². The fourth-order valence-corrected chi connectivity index (χ4v) is 3.81. The first kappa shape index (κ1) is 19.8. The molecule has 0 spiro atoms. The number of para-hydroxylation sites is 1. The van der Waals surface area contributed by atoms with E-state index in [-0.39, 0.29) is 5.91 Å². The highest BCUT2D eigenvalue weighted by Gasteiger charge is 2.21. The van der Waals surface area contributed by atoms with E-state index in [4.69, 9.17) is 0 Å². The fourth-order valence-electron chi connectivity index (χ4n) is 3.81. The normalized spacial score (nSPS) is 11.0. The van der Waals surface area contributed by atoms with Crippen LogP contribution in [0.4, 0.5) is 0 Å². The topological polar surface area (TPSA) is 61.9 Å². The van der Waals surface area contributed by atoms with Gasteiger partial charge in [0.1, 0.15) is 5.82 Å². The molecule has 0 atom stereocenters. The number of H-pyrrole nitrogens is 1. The number of likely N-dealkylation sites (N-methyl/N-ethyl adjacent to an activating group) is 1. The third kappa shape index (κ3) is 3.96. The molecule has 4 aromatic rings. The van der Waals surface area contributed by atoms with Crippen molar-refractivity contribution in [2.75, 3.05) is 13.1 Å². The number of carbonyl (C=O) groups is 1. The Morgan fingerprint density at radius 1 is 1.10 bits per heavy atom. The third-order valence-corrected chi connectivity index (χ3v) is 5.43. The van der Waals surface area contributed by atoms with E-state index in [1.165, 1.54) is 10.9 Å². The molecule has 2 aromatic carbocycles. The number of nitrogens with zero attached hydrogens (tertiary/aromatic N) is 3. The summed E-state index contributed by atoms with van der Waals surface area (Å²) in [5.74, 6) is 0.624. The predicted octanol–water partition coefficient (Wildman–Crippen LogP) is 4.95. The number of hydrogen-bond donors (Lipinski definition) is 1. The van der Waals surface area contributed by atoms with Crippen molar-refractivity contribution in [3.05, 3.63) is 83.4 Å². The van der Waals surface area contributed by atoms with Crippen molar-refractivity contribution in [3.63, 3.8) is 0 Å². The summed E-state index contributed by atoms with van der Waals surface area (Å²) in [6.07, 6.45) is 4.49. The number of aryl methyl sites for hydroxylation is 2. The highest BCUT2D eigenvalue weighted by molar-refractivity contribution is 5.99. The van der Waals surface area contributed by atoms with Gasteiger partial charge in [-0.1, -0.05) is 42.0 Å². The Morgan fingerprint density at radius 2 is 1.93 bits per heavy atom. The van der Waals surface area contributed by atoms with E-state index in [1.807, 2.05) is 62.2 Å². The molecule has 1 N–H and O–H groups in total. The van der Waals surface area contributed by atoms with Crippen LogP contribution in [-0.4, -0.2) is 38.8 Å². The predicted molar refractivity (Wildman–Crippen MR) is 121 cm³/mol. The minimum Gasteiger partial charge on any atom is -0.361 e. The molecule has 5 nitrogen and oxygen atoms in total. The molecular weight excluding hydrogens is 372 g/mol. The van der Waals surface area contributed by atoms with Gasteiger partial charge in [-0.3, -0.25) is 4.79 Å². The van der Waals surface area contributed by atoms with Gasteiger partial charge in [0.2, 0.25) is 0 Å². The van der Waals surface area contributed by atoms with Gasteiger partial charge < -0.3 is 9.88 Å². The molecule has 0 unspecified atom stereocenters. The number of aromatic amines is 1. The van der Waals surface area contributed by atoms with Crippen LogP contribution in [0.3, 0.4) is 0 Å². The van der Waals surface area contributed by atoms with E-state index in [2.05, 4.69) is 33.2 Å². The van der Waals surface area contributed by atoms with Crippen LogP contribution in [-0.2, 0) is 6.42 Å². The zero-order chi connectivity index (χ0) is 21.1. The maximum Gasteiger partial charge on any atom is 0.257 e. The van der Waals surface area contributed by atoms with E-state index in [0.717, 1.165) is 23.1 Å². The van der Waals surface area contributed by atoms with Crippen molar-refractivity contribution < 1.29 is 4.79 Å². The van der Waals surface area contributed by atoms with Crippen LogP contribution in [0.2, 0.25) is 0 Å². The molecule has 0 saturated carbocycles. The van der Waals surface area contributed by atoms with E-state index in [1.54, 1.807) is 6.20 Å². The number of benzene rings is 2. The van der Waals surface area contributed by atoms with Gasteiger partial charge in [0, 0.05) is 41.9 Å². The molecule has 0 bridgehead atoms. The Hall–Kier alpha value is -3.47. The first-order valence-corrected chi connectivity index (χ1v) is 10.3. The summed E-state index contributed by atoms with van der Waals surface area (Å²) in [5.41, 5.74) is 5.66. The van der Waals surface area contributed by atoms with Crippen LogP contribution in [0.5, 0.6) is 0 Å². The molecule has 2 aromatic heterocycles. The summed E-state index contributed by atoms with van der Waals surface area (Å²) in [4.78, 5) is 27.5. The Labute approximate surface area is 176 Å². The molecule has 0 aliphatic heterocycles. The summed E-state index contributed by atoms with van der Waals surface area (Å²) in [6, 6.07) is 16.3. The number of nitrogens with one attached hydrogen (secondary N) is 1. The van der Waals surface area contributed by atoms with Crippen LogP contribution in [0.15, 0.2) is 60.9 Å². The average molecular weight is 399 g/mol. The molecule has 0 saturated heterocycles. The Kier molecular flexibility index (Phi) is 5.61. The van der Waals surface area contributed by atoms with Gasteiger partial charge in [-0.05, 0) is 44.9 Å². The van der Waals surface area contributed by atoms with Gasteiger partial charge in [0.05, 0.1) is 11.3 Å². The average Bonchev–Trinajstić information content (AvgIpc) is 3.17. The maximum atomic E-state index is 13.4. The smallest absolute Gasteiger partial charge is 0.257 e. The van der Waals surface area contributed by atoms with Crippen LogP contribution in [0.25, 0.3) is 22.2 Å². The van der Waals surface area contributed by atoms with Crippen molar-refractivity contribution in [2.24, 2.45) is 0 Å². The minimum absolute atomic E-state index is 0.0335. The summed E-state index contributed by atoms with van der Waals surface area (Å²) < 4.78 is 0. The van der Waals surface area contributed by atoms with Crippen LogP contribution >= 0.6 is 0 Å². The molecule has 0 aliphatic rings. The Balaban J connectivity index is 1.61. The molecule has 30 heavy (non-hydrogen) atoms. The number of amides is 1. The van der Waals surface area contributed by atoms with E-state index >= 15 is 0 Å². The minimum atomic E-state index is -0.0335. The SMILES string of the molecule is CCN(CCc1c[nH]c2ccccc12)C(=O)c1cnc(C)nc1-c1cccc(C)c1. The number of fused-ring (bicyclic) bond motifs is 1. The third-order valence-electron chi connectivity index (χ3n) is 5.43. The van der Waals surface area contributed by atoms with Gasteiger partial charge in [0.25, 0.3) is 5.91 Å². The lowest BCUT2D eigenvalue weighted by Crippen LogP contribution is -2.33. The lowest BCUT2D eigenvalue weighted by Gasteiger charge is -2.22. The molecule has 4 rings (SSSR count). The summed E-state index contributed by atoms with van der Waals surface area (Å²) in [5, 5.41) is 1.21. The van der Waals surface area contributed by atoms with Gasteiger partial charge in [-0.25, -0.2) is 9.97 Å². The molecule has 2 heterocycles. The van der Waals surface area contributed by atoms with E-state index in [0.29, 0.717) is 30.2 Å². The molecule has 1 amide bonds. The highest BCUT2D eigenvalue weighted by atomic mass is 16.2. The second-order valence-corrected chi connectivity index (χ2v) is 7.54. The Bertz CT molecular complexity index is 1190. The van der Waals surface area contributed by atoms with E-state index < -0.39 is 0 Å². The Morgan fingerprint density at radius 3 is 2.73 bits per heavy atom. The second kappa shape index (κ2) is 8.49. The summed E-state index contributed by atoms with van der Waals surface area (Å²) in [6.45, 7) is 7.16. The van der Waals surface area contributed by atoms with Crippen LogP contribution < -0.4 is 0 Å². The van der Waals surface area contributed by atoms with Crippen molar-refractivity contribution in [2.45, 2.75) is 27.2 Å². The largest absolute Gasteiger partial charge is 0.361 e. The number of hydrogen-bond acceptors (Lipinski definition) is 3. The van der Waals surface area contributed by atoms with Crippen molar-refractivity contribution in [1.82, 2.24) is 19.9 Å². The van der Waals surface area contributed by atoms with Crippen molar-refractivity contribution in [3.8, 4) is 11.3 Å². The number of aromatic nitrogens is 3. The van der Waals surface area contributed by atoms with Crippen LogP contribution in [0.1, 0.15) is 34.2 Å². The fraction of sp³-hybridized carbons (Fsp3) is 0.240. The monoisotopic (exact) mass is 398 g/mol. The molecule has 0 fully saturated rings. The lowest BCUT2D eigenvalue weighted by atomic mass is 10.0. The molecule has 0 aliphatic carbocycles. The van der Waals surface area contributed by atoms with Crippen molar-refractivity contribution >= 4 is 16.8 Å².